The molecule has 3 rings (SSSR count). The van der Waals surface area contributed by atoms with Crippen molar-refractivity contribution in [2.45, 2.75) is 26.2 Å². The highest BCUT2D eigenvalue weighted by Crippen LogP contribution is 2.32. The zero-order valence-corrected chi connectivity index (χ0v) is 14.0. The largest absolute Gasteiger partial charge is 0.508 e. The number of aryl methyl sites for hydroxylation is 2. The van der Waals surface area contributed by atoms with E-state index in [0.717, 1.165) is 16.7 Å². The zero-order valence-electron chi connectivity index (χ0n) is 14.0. The molecule has 24 heavy (non-hydrogen) atoms. The Morgan fingerprint density at radius 2 is 1.25 bits per heavy atom. The first-order valence-corrected chi connectivity index (χ1v) is 8.17. The minimum absolute atomic E-state index is 0.124. The quantitative estimate of drug-likeness (QED) is 0.703. The zero-order chi connectivity index (χ0) is 17.1. The molecule has 0 aliphatic rings. The summed E-state index contributed by atoms with van der Waals surface area (Å²) >= 11 is 0. The summed E-state index contributed by atoms with van der Waals surface area (Å²) in [5.41, 5.74) is 5.62. The highest BCUT2D eigenvalue weighted by atomic mass is 16.3. The summed E-state index contributed by atoms with van der Waals surface area (Å²) in [5.74, 6) is 0.718. The molecule has 0 heterocycles. The molecule has 0 bridgehead atoms. The number of phenolic OH excluding ortho intramolecular Hbond substituents is 2. The Labute approximate surface area is 143 Å². The van der Waals surface area contributed by atoms with Crippen LogP contribution in [0.25, 0.3) is 0 Å². The second kappa shape index (κ2) is 6.79. The fraction of sp³-hybridized carbons (Fsp3) is 0.182. The van der Waals surface area contributed by atoms with Gasteiger partial charge < -0.3 is 10.2 Å². The van der Waals surface area contributed by atoms with E-state index in [1.165, 1.54) is 11.1 Å². The summed E-state index contributed by atoms with van der Waals surface area (Å²) in [6.07, 6.45) is 0.710. The van der Waals surface area contributed by atoms with Gasteiger partial charge in [-0.1, -0.05) is 59.7 Å². The molecule has 0 amide bonds. The van der Waals surface area contributed by atoms with Crippen molar-refractivity contribution in [1.29, 1.82) is 0 Å². The van der Waals surface area contributed by atoms with Crippen molar-refractivity contribution < 1.29 is 10.2 Å². The molecule has 3 aromatic carbocycles. The van der Waals surface area contributed by atoms with E-state index in [-0.39, 0.29) is 11.7 Å². The van der Waals surface area contributed by atoms with Crippen LogP contribution in [0.4, 0.5) is 0 Å². The van der Waals surface area contributed by atoms with Gasteiger partial charge >= 0.3 is 0 Å². The summed E-state index contributed by atoms with van der Waals surface area (Å²) in [6, 6.07) is 21.5. The van der Waals surface area contributed by atoms with Gasteiger partial charge in [0.25, 0.3) is 0 Å². The Morgan fingerprint density at radius 3 is 1.88 bits per heavy atom. The van der Waals surface area contributed by atoms with E-state index in [9.17, 15) is 10.2 Å². The third kappa shape index (κ3) is 3.60. The molecule has 0 aliphatic heterocycles. The lowest BCUT2D eigenvalue weighted by atomic mass is 9.85. The molecule has 3 aromatic rings. The number of hydrogen-bond donors (Lipinski definition) is 2. The molecule has 0 radical (unpaired) electrons. The molecule has 2 heteroatoms. The summed E-state index contributed by atoms with van der Waals surface area (Å²) in [6.45, 7) is 4.11. The average Bonchev–Trinajstić information content (AvgIpc) is 2.58. The smallest absolute Gasteiger partial charge is 0.118 e. The van der Waals surface area contributed by atoms with Gasteiger partial charge in [0.2, 0.25) is 0 Å². The van der Waals surface area contributed by atoms with E-state index in [0.29, 0.717) is 12.2 Å². The van der Waals surface area contributed by atoms with Crippen LogP contribution in [0.1, 0.15) is 33.7 Å². The second-order valence-corrected chi connectivity index (χ2v) is 6.39. The highest BCUT2D eigenvalue weighted by Gasteiger charge is 2.17. The lowest BCUT2D eigenvalue weighted by Crippen LogP contribution is -2.05. The van der Waals surface area contributed by atoms with E-state index in [2.05, 4.69) is 31.2 Å². The number of hydrogen-bond acceptors (Lipinski definition) is 2. The standard InChI is InChI=1S/C22H22O2/c1-15-3-6-17(7-4-15)21(18-8-10-20(23)11-9-18)14-19-13-16(2)5-12-22(19)24/h3-13,21,23-24H,14H2,1-2H3. The molecule has 2 N–H and O–H groups in total. The molecule has 0 saturated carbocycles. The van der Waals surface area contributed by atoms with Crippen LogP contribution in [0.3, 0.4) is 0 Å². The normalized spacial score (nSPS) is 12.1. The maximum atomic E-state index is 10.2. The summed E-state index contributed by atoms with van der Waals surface area (Å²) in [7, 11) is 0. The average molecular weight is 318 g/mol. The fourth-order valence-corrected chi connectivity index (χ4v) is 3.03. The Balaban J connectivity index is 2.02. The summed E-state index contributed by atoms with van der Waals surface area (Å²) in [5, 5.41) is 19.8. The first-order chi connectivity index (χ1) is 11.5. The first kappa shape index (κ1) is 16.1. The van der Waals surface area contributed by atoms with E-state index in [1.807, 2.05) is 31.2 Å². The van der Waals surface area contributed by atoms with Crippen molar-refractivity contribution >= 4 is 0 Å². The van der Waals surface area contributed by atoms with Crippen LogP contribution >= 0.6 is 0 Å². The molecule has 0 aromatic heterocycles. The SMILES string of the molecule is Cc1ccc(C(Cc2cc(C)ccc2O)c2ccc(O)cc2)cc1. The summed E-state index contributed by atoms with van der Waals surface area (Å²) in [4.78, 5) is 0. The third-order valence-electron chi connectivity index (χ3n) is 4.43. The van der Waals surface area contributed by atoms with Gasteiger partial charge in [-0.3, -0.25) is 0 Å². The van der Waals surface area contributed by atoms with E-state index in [4.69, 9.17) is 0 Å². The van der Waals surface area contributed by atoms with Crippen LogP contribution in [-0.2, 0) is 6.42 Å². The Morgan fingerprint density at radius 1 is 0.708 bits per heavy atom. The molecule has 1 unspecified atom stereocenters. The summed E-state index contributed by atoms with van der Waals surface area (Å²) < 4.78 is 0. The predicted molar refractivity (Wildman–Crippen MR) is 97.7 cm³/mol. The van der Waals surface area contributed by atoms with Crippen LogP contribution in [0, 0.1) is 13.8 Å². The van der Waals surface area contributed by atoms with Gasteiger partial charge in [-0.05, 0) is 55.2 Å². The lowest BCUT2D eigenvalue weighted by molar-refractivity contribution is 0.466. The van der Waals surface area contributed by atoms with Gasteiger partial charge in [0, 0.05) is 5.92 Å². The van der Waals surface area contributed by atoms with E-state index in [1.54, 1.807) is 18.2 Å². The molecule has 0 saturated heterocycles. The highest BCUT2D eigenvalue weighted by molar-refractivity contribution is 5.42. The van der Waals surface area contributed by atoms with Crippen molar-refractivity contribution in [2.24, 2.45) is 0 Å². The van der Waals surface area contributed by atoms with Crippen molar-refractivity contribution in [2.75, 3.05) is 0 Å². The van der Waals surface area contributed by atoms with Crippen LogP contribution in [0.5, 0.6) is 11.5 Å². The van der Waals surface area contributed by atoms with Crippen LogP contribution in [0.2, 0.25) is 0 Å². The molecule has 0 spiro atoms. The first-order valence-electron chi connectivity index (χ1n) is 8.17. The Kier molecular flexibility index (Phi) is 4.57. The maximum Gasteiger partial charge on any atom is 0.118 e. The predicted octanol–water partition coefficient (Wildman–Crippen LogP) is 5.09. The van der Waals surface area contributed by atoms with Gasteiger partial charge in [0.1, 0.15) is 11.5 Å². The molecule has 122 valence electrons. The second-order valence-electron chi connectivity index (χ2n) is 6.39. The van der Waals surface area contributed by atoms with Crippen LogP contribution in [-0.4, -0.2) is 10.2 Å². The van der Waals surface area contributed by atoms with Crippen molar-refractivity contribution in [1.82, 2.24) is 0 Å². The number of phenols is 2. The van der Waals surface area contributed by atoms with Crippen LogP contribution < -0.4 is 0 Å². The minimum Gasteiger partial charge on any atom is -0.508 e. The fourth-order valence-electron chi connectivity index (χ4n) is 3.03. The van der Waals surface area contributed by atoms with Gasteiger partial charge in [-0.15, -0.1) is 0 Å². The van der Waals surface area contributed by atoms with Crippen molar-refractivity contribution in [3.63, 3.8) is 0 Å². The minimum atomic E-state index is 0.124. The molecular weight excluding hydrogens is 296 g/mol. The Hall–Kier alpha value is -2.74. The van der Waals surface area contributed by atoms with Gasteiger partial charge in [-0.25, -0.2) is 0 Å². The molecule has 2 nitrogen and oxygen atoms in total. The van der Waals surface area contributed by atoms with E-state index >= 15 is 0 Å². The van der Waals surface area contributed by atoms with Crippen molar-refractivity contribution in [3.05, 3.63) is 94.5 Å². The van der Waals surface area contributed by atoms with Gasteiger partial charge in [-0.2, -0.15) is 0 Å². The van der Waals surface area contributed by atoms with E-state index < -0.39 is 0 Å². The topological polar surface area (TPSA) is 40.5 Å². The number of benzene rings is 3. The number of rotatable bonds is 4. The Bertz CT molecular complexity index is 772. The monoisotopic (exact) mass is 318 g/mol. The van der Waals surface area contributed by atoms with Gasteiger partial charge in [0.05, 0.1) is 0 Å². The molecule has 1 atom stereocenters. The third-order valence-corrected chi connectivity index (χ3v) is 4.43. The molecular formula is C22H22O2. The maximum absolute atomic E-state index is 10.2. The lowest BCUT2D eigenvalue weighted by Gasteiger charge is -2.19. The van der Waals surface area contributed by atoms with Crippen LogP contribution in [0.15, 0.2) is 66.7 Å². The molecule has 0 aliphatic carbocycles. The van der Waals surface area contributed by atoms with Gasteiger partial charge in [0.15, 0.2) is 0 Å². The van der Waals surface area contributed by atoms with Crippen molar-refractivity contribution in [3.8, 4) is 11.5 Å². The molecule has 0 fully saturated rings. The number of aromatic hydroxyl groups is 2.